The molecule has 2 aromatic rings. The number of ether oxygens (including phenoxy) is 1. The average Bonchev–Trinajstić information content (AvgIpc) is 2.99. The van der Waals surface area contributed by atoms with Crippen LogP contribution < -0.4 is 10.5 Å². The molecule has 1 unspecified atom stereocenters. The summed E-state index contributed by atoms with van der Waals surface area (Å²) in [6.45, 7) is 2.01. The molecule has 0 fully saturated rings. The zero-order chi connectivity index (χ0) is 14.7. The number of nitrogens with two attached hydrogens (primary N) is 1. The van der Waals surface area contributed by atoms with Gasteiger partial charge in [-0.25, -0.2) is 0 Å². The summed E-state index contributed by atoms with van der Waals surface area (Å²) in [5, 5.41) is 2.01. The van der Waals surface area contributed by atoms with Gasteiger partial charge in [0, 0.05) is 17.5 Å². The first-order valence-electron chi connectivity index (χ1n) is 6.28. The smallest absolute Gasteiger partial charge is 0.254 e. The number of nitrogens with zero attached hydrogens (tertiary/aromatic N) is 1. The topological polar surface area (TPSA) is 55.6 Å². The van der Waals surface area contributed by atoms with E-state index in [1.54, 1.807) is 41.5 Å². The van der Waals surface area contributed by atoms with Gasteiger partial charge < -0.3 is 15.4 Å². The van der Waals surface area contributed by atoms with Crippen LogP contribution >= 0.6 is 11.3 Å². The van der Waals surface area contributed by atoms with Crippen LogP contribution in [-0.4, -0.2) is 25.0 Å². The minimum atomic E-state index is -0.0517. The summed E-state index contributed by atoms with van der Waals surface area (Å²) in [4.78, 5) is 15.4. The Hall–Kier alpha value is -2.01. The van der Waals surface area contributed by atoms with Crippen LogP contribution in [0.5, 0.6) is 5.75 Å². The summed E-state index contributed by atoms with van der Waals surface area (Å²) in [5.41, 5.74) is 6.86. The normalized spacial score (nSPS) is 11.9. The number of anilines is 1. The van der Waals surface area contributed by atoms with E-state index in [-0.39, 0.29) is 11.9 Å². The molecule has 1 aromatic carbocycles. The highest BCUT2D eigenvalue weighted by Crippen LogP contribution is 2.27. The summed E-state index contributed by atoms with van der Waals surface area (Å²) in [5.74, 6) is 0.470. The quantitative estimate of drug-likeness (QED) is 0.880. The number of methoxy groups -OCH3 is 1. The Morgan fingerprint density at radius 2 is 2.15 bits per heavy atom. The third-order valence-electron chi connectivity index (χ3n) is 3.34. The van der Waals surface area contributed by atoms with Gasteiger partial charge in [-0.05, 0) is 36.6 Å². The molecule has 1 amide bonds. The molecular formula is C15H18N2O2S. The van der Waals surface area contributed by atoms with Crippen LogP contribution in [-0.2, 0) is 0 Å². The van der Waals surface area contributed by atoms with Gasteiger partial charge in [-0.15, -0.1) is 11.3 Å². The van der Waals surface area contributed by atoms with E-state index in [9.17, 15) is 4.79 Å². The number of rotatable bonds is 4. The van der Waals surface area contributed by atoms with E-state index < -0.39 is 0 Å². The van der Waals surface area contributed by atoms with Crippen LogP contribution in [0.25, 0.3) is 0 Å². The molecule has 0 aliphatic carbocycles. The zero-order valence-corrected chi connectivity index (χ0v) is 12.6. The van der Waals surface area contributed by atoms with Crippen LogP contribution in [0.2, 0.25) is 0 Å². The van der Waals surface area contributed by atoms with E-state index in [1.807, 2.05) is 24.4 Å². The minimum absolute atomic E-state index is 0.0334. The van der Waals surface area contributed by atoms with Crippen LogP contribution in [0.4, 0.5) is 5.69 Å². The van der Waals surface area contributed by atoms with Crippen LogP contribution in [0.1, 0.15) is 28.2 Å². The average molecular weight is 290 g/mol. The van der Waals surface area contributed by atoms with Crippen LogP contribution in [0.3, 0.4) is 0 Å². The fourth-order valence-corrected chi connectivity index (χ4v) is 2.77. The molecule has 1 atom stereocenters. The molecule has 0 bridgehead atoms. The van der Waals surface area contributed by atoms with Crippen molar-refractivity contribution in [3.05, 3.63) is 46.2 Å². The van der Waals surface area contributed by atoms with Crippen LogP contribution in [0.15, 0.2) is 35.7 Å². The Kier molecular flexibility index (Phi) is 4.29. The van der Waals surface area contributed by atoms with Crippen molar-refractivity contribution in [2.45, 2.75) is 13.0 Å². The number of hydrogen-bond donors (Lipinski definition) is 1. The Morgan fingerprint density at radius 3 is 2.75 bits per heavy atom. The first kappa shape index (κ1) is 14.4. The molecule has 20 heavy (non-hydrogen) atoms. The maximum Gasteiger partial charge on any atom is 0.254 e. The number of benzene rings is 1. The fraction of sp³-hybridized carbons (Fsp3) is 0.267. The summed E-state index contributed by atoms with van der Waals surface area (Å²) in [6, 6.07) is 9.14. The standard InChI is InChI=1S/C15H18N2O2S/c1-10(14-5-4-8-20-14)17(2)15(18)11-6-7-12(16)13(9-11)19-3/h4-10H,16H2,1-3H3. The van der Waals surface area contributed by atoms with Crippen molar-refractivity contribution in [3.63, 3.8) is 0 Å². The van der Waals surface area contributed by atoms with Crippen LogP contribution in [0, 0.1) is 0 Å². The molecule has 0 radical (unpaired) electrons. The van der Waals surface area contributed by atoms with Gasteiger partial charge >= 0.3 is 0 Å². The van der Waals surface area contributed by atoms with Crippen molar-refractivity contribution in [3.8, 4) is 5.75 Å². The molecule has 4 nitrogen and oxygen atoms in total. The molecule has 0 spiro atoms. The van der Waals surface area contributed by atoms with Gasteiger partial charge in [-0.2, -0.15) is 0 Å². The molecule has 106 valence electrons. The molecular weight excluding hydrogens is 272 g/mol. The van der Waals surface area contributed by atoms with E-state index in [1.165, 1.54) is 7.11 Å². The maximum absolute atomic E-state index is 12.5. The number of hydrogen-bond acceptors (Lipinski definition) is 4. The molecule has 5 heteroatoms. The van der Waals surface area contributed by atoms with E-state index in [4.69, 9.17) is 10.5 Å². The SMILES string of the molecule is COc1cc(C(=O)N(C)C(C)c2cccs2)ccc1N. The first-order valence-corrected chi connectivity index (χ1v) is 7.16. The van der Waals surface area contributed by atoms with Crippen molar-refractivity contribution < 1.29 is 9.53 Å². The van der Waals surface area contributed by atoms with Crippen molar-refractivity contribution in [1.29, 1.82) is 0 Å². The van der Waals surface area contributed by atoms with Gasteiger partial charge in [0.05, 0.1) is 18.8 Å². The first-order chi connectivity index (χ1) is 9.54. The molecule has 2 N–H and O–H groups in total. The van der Waals surface area contributed by atoms with Crippen molar-refractivity contribution in [2.75, 3.05) is 19.9 Å². The monoisotopic (exact) mass is 290 g/mol. The second-order valence-corrected chi connectivity index (χ2v) is 5.54. The van der Waals surface area contributed by atoms with Gasteiger partial charge in [-0.3, -0.25) is 4.79 Å². The number of amides is 1. The lowest BCUT2D eigenvalue weighted by molar-refractivity contribution is 0.0744. The number of carbonyl (C=O) groups excluding carboxylic acids is 1. The third-order valence-corrected chi connectivity index (χ3v) is 4.38. The van der Waals surface area contributed by atoms with E-state index in [2.05, 4.69) is 0 Å². The fourth-order valence-electron chi connectivity index (χ4n) is 1.94. The molecule has 0 saturated carbocycles. The Balaban J connectivity index is 2.22. The lowest BCUT2D eigenvalue weighted by Gasteiger charge is -2.24. The Labute approximate surface area is 122 Å². The highest BCUT2D eigenvalue weighted by atomic mass is 32.1. The summed E-state index contributed by atoms with van der Waals surface area (Å²) in [6.07, 6.45) is 0. The van der Waals surface area contributed by atoms with Gasteiger partial charge in [0.2, 0.25) is 0 Å². The van der Waals surface area contributed by atoms with Gasteiger partial charge in [-0.1, -0.05) is 6.07 Å². The lowest BCUT2D eigenvalue weighted by Crippen LogP contribution is -2.29. The maximum atomic E-state index is 12.5. The van der Waals surface area contributed by atoms with Gasteiger partial charge in [0.15, 0.2) is 0 Å². The Bertz CT molecular complexity index is 596. The second kappa shape index (κ2) is 5.96. The predicted molar refractivity (Wildman–Crippen MR) is 82.2 cm³/mol. The van der Waals surface area contributed by atoms with Gasteiger partial charge in [0.1, 0.15) is 5.75 Å². The number of nitrogen functional groups attached to an aromatic ring is 1. The van der Waals surface area contributed by atoms with Gasteiger partial charge in [0.25, 0.3) is 5.91 Å². The molecule has 1 heterocycles. The second-order valence-electron chi connectivity index (χ2n) is 4.56. The summed E-state index contributed by atoms with van der Waals surface area (Å²) in [7, 11) is 3.34. The highest BCUT2D eigenvalue weighted by Gasteiger charge is 2.20. The minimum Gasteiger partial charge on any atom is -0.495 e. The van der Waals surface area contributed by atoms with Crippen molar-refractivity contribution in [1.82, 2.24) is 4.90 Å². The number of carbonyl (C=O) groups is 1. The number of thiophene rings is 1. The molecule has 0 aliphatic heterocycles. The van der Waals surface area contributed by atoms with E-state index >= 15 is 0 Å². The van der Waals surface area contributed by atoms with Crippen molar-refractivity contribution >= 4 is 22.9 Å². The molecule has 0 saturated heterocycles. The summed E-state index contributed by atoms with van der Waals surface area (Å²) >= 11 is 1.64. The largest absolute Gasteiger partial charge is 0.495 e. The molecule has 2 rings (SSSR count). The third kappa shape index (κ3) is 2.77. The van der Waals surface area contributed by atoms with Crippen molar-refractivity contribution in [2.24, 2.45) is 0 Å². The zero-order valence-electron chi connectivity index (χ0n) is 11.8. The molecule has 1 aromatic heterocycles. The molecule has 0 aliphatic rings. The Morgan fingerprint density at radius 1 is 1.40 bits per heavy atom. The predicted octanol–water partition coefficient (Wildman–Crippen LogP) is 3.17. The lowest BCUT2D eigenvalue weighted by atomic mass is 10.1. The van der Waals surface area contributed by atoms with E-state index in [0.29, 0.717) is 17.0 Å². The summed E-state index contributed by atoms with van der Waals surface area (Å²) < 4.78 is 5.15. The van der Waals surface area contributed by atoms with E-state index in [0.717, 1.165) is 4.88 Å². The highest BCUT2D eigenvalue weighted by molar-refractivity contribution is 7.10.